The fraction of sp³-hybridized carbons (Fsp3) is 0.600. The molecule has 0 heterocycles. The van der Waals surface area contributed by atoms with Crippen molar-refractivity contribution in [3.8, 4) is 0 Å². The zero-order chi connectivity index (χ0) is 8.97. The van der Waals surface area contributed by atoms with Crippen LogP contribution in [0.2, 0.25) is 0 Å². The lowest BCUT2D eigenvalue weighted by Gasteiger charge is -1.94. The number of aliphatic imine (C=N–C) groups is 2. The lowest BCUT2D eigenvalue weighted by atomic mass is 10.3. The Kier molecular flexibility index (Phi) is 3.20. The van der Waals surface area contributed by atoms with E-state index < -0.39 is 0 Å². The largest absolute Gasteiger partial charge is 0.267 e. The molecule has 0 radical (unpaired) electrons. The first kappa shape index (κ1) is 9.17. The zero-order valence-electron chi connectivity index (χ0n) is 7.88. The van der Waals surface area contributed by atoms with Gasteiger partial charge in [-0.2, -0.15) is 0 Å². The Morgan fingerprint density at radius 1 is 1.58 bits per heavy atom. The van der Waals surface area contributed by atoms with Gasteiger partial charge < -0.3 is 0 Å². The number of hydrogen-bond donors (Lipinski definition) is 0. The predicted octanol–water partition coefficient (Wildman–Crippen LogP) is 2.81. The summed E-state index contributed by atoms with van der Waals surface area (Å²) >= 11 is 0. The molecule has 2 heteroatoms. The molecule has 1 rings (SSSR count). The molecule has 0 aromatic carbocycles. The summed E-state index contributed by atoms with van der Waals surface area (Å²) in [5.41, 5.74) is 2.21. The summed E-state index contributed by atoms with van der Waals surface area (Å²) in [6.07, 6.45) is 5.38. The molecule has 1 saturated carbocycles. The molecule has 0 aromatic rings. The van der Waals surface area contributed by atoms with Crippen LogP contribution in [0.3, 0.4) is 0 Å². The predicted molar refractivity (Wildman–Crippen MR) is 53.8 cm³/mol. The second kappa shape index (κ2) is 4.19. The van der Waals surface area contributed by atoms with E-state index in [9.17, 15) is 0 Å². The third-order valence-corrected chi connectivity index (χ3v) is 2.11. The van der Waals surface area contributed by atoms with Gasteiger partial charge in [0.25, 0.3) is 0 Å². The summed E-state index contributed by atoms with van der Waals surface area (Å²) in [4.78, 5) is 8.26. The SMILES string of the molecule is C=N/C(=C\N=C(C)CC)C1CC1. The van der Waals surface area contributed by atoms with Gasteiger partial charge in [0.05, 0.1) is 5.70 Å². The molecule has 0 spiro atoms. The van der Waals surface area contributed by atoms with Crippen LogP contribution in [0.15, 0.2) is 21.9 Å². The van der Waals surface area contributed by atoms with Crippen LogP contribution >= 0.6 is 0 Å². The second-order valence-electron chi connectivity index (χ2n) is 3.20. The van der Waals surface area contributed by atoms with Crippen molar-refractivity contribution in [3.63, 3.8) is 0 Å². The molecule has 0 atom stereocenters. The first-order valence-electron chi connectivity index (χ1n) is 4.48. The van der Waals surface area contributed by atoms with Crippen molar-refractivity contribution in [2.75, 3.05) is 0 Å². The maximum absolute atomic E-state index is 4.30. The highest BCUT2D eigenvalue weighted by atomic mass is 14.8. The van der Waals surface area contributed by atoms with Gasteiger partial charge in [0.1, 0.15) is 0 Å². The van der Waals surface area contributed by atoms with Crippen molar-refractivity contribution in [1.82, 2.24) is 0 Å². The summed E-state index contributed by atoms with van der Waals surface area (Å²) in [5.74, 6) is 0.649. The van der Waals surface area contributed by atoms with Crippen molar-refractivity contribution in [1.29, 1.82) is 0 Å². The molecule has 1 aliphatic rings. The van der Waals surface area contributed by atoms with Gasteiger partial charge in [-0.05, 0) is 32.9 Å². The van der Waals surface area contributed by atoms with Crippen molar-refractivity contribution in [3.05, 3.63) is 11.9 Å². The highest BCUT2D eigenvalue weighted by Crippen LogP contribution is 2.36. The minimum atomic E-state index is 0.649. The number of allylic oxidation sites excluding steroid dienone is 1. The van der Waals surface area contributed by atoms with Crippen molar-refractivity contribution in [2.45, 2.75) is 33.1 Å². The van der Waals surface area contributed by atoms with E-state index in [1.807, 2.05) is 13.1 Å². The van der Waals surface area contributed by atoms with E-state index >= 15 is 0 Å². The highest BCUT2D eigenvalue weighted by molar-refractivity contribution is 5.82. The van der Waals surface area contributed by atoms with Gasteiger partial charge in [-0.25, -0.2) is 0 Å². The molecule has 1 aliphatic carbocycles. The molecule has 0 N–H and O–H groups in total. The Bertz CT molecular complexity index is 222. The van der Waals surface area contributed by atoms with Crippen LogP contribution in [0.25, 0.3) is 0 Å². The Labute approximate surface area is 74.1 Å². The fourth-order valence-electron chi connectivity index (χ4n) is 0.922. The Hall–Kier alpha value is -0.920. The third kappa shape index (κ3) is 2.61. The summed E-state index contributed by atoms with van der Waals surface area (Å²) in [5, 5.41) is 0. The molecule has 0 aliphatic heterocycles. The number of rotatable bonds is 4. The van der Waals surface area contributed by atoms with E-state index in [0.717, 1.165) is 17.8 Å². The molecule has 1 fully saturated rings. The third-order valence-electron chi connectivity index (χ3n) is 2.11. The van der Waals surface area contributed by atoms with Gasteiger partial charge in [0, 0.05) is 17.8 Å². The standard InChI is InChI=1S/C10H16N2/c1-4-8(2)12-7-10(11-3)9-5-6-9/h7,9H,3-6H2,1-2H3/b10-7-,12-8?. The number of hydrogen-bond acceptors (Lipinski definition) is 2. The first-order chi connectivity index (χ1) is 5.77. The van der Waals surface area contributed by atoms with E-state index in [-0.39, 0.29) is 0 Å². The molecule has 0 amide bonds. The Balaban J connectivity index is 2.57. The van der Waals surface area contributed by atoms with Crippen LogP contribution < -0.4 is 0 Å². The lowest BCUT2D eigenvalue weighted by molar-refractivity contribution is 0.975. The van der Waals surface area contributed by atoms with Crippen molar-refractivity contribution >= 4 is 12.4 Å². The van der Waals surface area contributed by atoms with Gasteiger partial charge in [0.2, 0.25) is 0 Å². The van der Waals surface area contributed by atoms with E-state index in [4.69, 9.17) is 0 Å². The van der Waals surface area contributed by atoms with E-state index in [2.05, 4.69) is 23.6 Å². The number of nitrogens with zero attached hydrogens (tertiary/aromatic N) is 2. The zero-order valence-corrected chi connectivity index (χ0v) is 7.88. The van der Waals surface area contributed by atoms with Gasteiger partial charge in [0.15, 0.2) is 0 Å². The van der Waals surface area contributed by atoms with Gasteiger partial charge >= 0.3 is 0 Å². The van der Waals surface area contributed by atoms with Gasteiger partial charge in [-0.1, -0.05) is 6.92 Å². The van der Waals surface area contributed by atoms with E-state index in [1.165, 1.54) is 12.8 Å². The minimum absolute atomic E-state index is 0.649. The van der Waals surface area contributed by atoms with Gasteiger partial charge in [-0.15, -0.1) is 0 Å². The molecule has 0 aromatic heterocycles. The summed E-state index contributed by atoms with van der Waals surface area (Å²) < 4.78 is 0. The van der Waals surface area contributed by atoms with Crippen molar-refractivity contribution < 1.29 is 0 Å². The van der Waals surface area contributed by atoms with Crippen molar-refractivity contribution in [2.24, 2.45) is 15.9 Å². The maximum Gasteiger partial charge on any atom is 0.0609 e. The smallest absolute Gasteiger partial charge is 0.0609 e. The van der Waals surface area contributed by atoms with Crippen LogP contribution in [0.5, 0.6) is 0 Å². The molecule has 0 unspecified atom stereocenters. The average Bonchev–Trinajstić information content (AvgIpc) is 2.89. The molecule has 2 nitrogen and oxygen atoms in total. The molecule has 0 bridgehead atoms. The van der Waals surface area contributed by atoms with Crippen LogP contribution in [0.4, 0.5) is 0 Å². The quantitative estimate of drug-likeness (QED) is 0.571. The normalized spacial score (nSPS) is 19.5. The molecule has 66 valence electrons. The first-order valence-corrected chi connectivity index (χ1v) is 4.48. The summed E-state index contributed by atoms with van der Waals surface area (Å²) in [6, 6.07) is 0. The molecule has 12 heavy (non-hydrogen) atoms. The topological polar surface area (TPSA) is 24.7 Å². The summed E-state index contributed by atoms with van der Waals surface area (Å²) in [7, 11) is 0. The van der Waals surface area contributed by atoms with Crippen LogP contribution in [0.1, 0.15) is 33.1 Å². The fourth-order valence-corrected chi connectivity index (χ4v) is 0.922. The maximum atomic E-state index is 4.30. The Morgan fingerprint density at radius 2 is 2.25 bits per heavy atom. The highest BCUT2D eigenvalue weighted by Gasteiger charge is 2.25. The monoisotopic (exact) mass is 164 g/mol. The molecule has 0 saturated heterocycles. The van der Waals surface area contributed by atoms with Crippen LogP contribution in [0, 0.1) is 5.92 Å². The second-order valence-corrected chi connectivity index (χ2v) is 3.20. The average molecular weight is 164 g/mol. The summed E-state index contributed by atoms with van der Waals surface area (Å²) in [6.45, 7) is 7.67. The van der Waals surface area contributed by atoms with E-state index in [1.54, 1.807) is 0 Å². The minimum Gasteiger partial charge on any atom is -0.267 e. The molecular formula is C10H16N2. The molecular weight excluding hydrogens is 148 g/mol. The Morgan fingerprint density at radius 3 is 2.67 bits per heavy atom. The van der Waals surface area contributed by atoms with Crippen LogP contribution in [-0.4, -0.2) is 12.4 Å². The van der Waals surface area contributed by atoms with Gasteiger partial charge in [-0.3, -0.25) is 9.98 Å². The van der Waals surface area contributed by atoms with E-state index in [0.29, 0.717) is 5.92 Å². The van der Waals surface area contributed by atoms with Crippen LogP contribution in [-0.2, 0) is 0 Å². The lowest BCUT2D eigenvalue weighted by Crippen LogP contribution is -1.86.